The molecule has 2 rings (SSSR count). The Kier molecular flexibility index (Phi) is 3.87. The van der Waals surface area contributed by atoms with Gasteiger partial charge in [0, 0.05) is 18.2 Å². The Morgan fingerprint density at radius 1 is 1.41 bits per heavy atom. The molecule has 0 amide bonds. The van der Waals surface area contributed by atoms with Crippen LogP contribution in [-0.4, -0.2) is 22.6 Å². The summed E-state index contributed by atoms with van der Waals surface area (Å²) in [6.45, 7) is 7.63. The first-order valence-corrected chi connectivity index (χ1v) is 6.77. The van der Waals surface area contributed by atoms with E-state index in [-0.39, 0.29) is 0 Å². The molecule has 0 atom stereocenters. The second kappa shape index (κ2) is 5.21. The predicted octanol–water partition coefficient (Wildman–Crippen LogP) is 3.32. The standard InChI is InChI=1S/C13H20ClN3/c1-4-11-12(14)15-8-16-13(11)17(7-9(2)3)10-5-6-10/h8-10H,4-7H2,1-3H3. The zero-order chi connectivity index (χ0) is 12.4. The van der Waals surface area contributed by atoms with Crippen LogP contribution in [0.1, 0.15) is 39.2 Å². The van der Waals surface area contributed by atoms with E-state index >= 15 is 0 Å². The Bertz CT molecular complexity index is 388. The monoisotopic (exact) mass is 253 g/mol. The number of halogens is 1. The number of aromatic nitrogens is 2. The average Bonchev–Trinajstić information content (AvgIpc) is 3.09. The summed E-state index contributed by atoms with van der Waals surface area (Å²) < 4.78 is 0. The summed E-state index contributed by atoms with van der Waals surface area (Å²) in [6.07, 6.45) is 5.01. The number of hydrogen-bond donors (Lipinski definition) is 0. The van der Waals surface area contributed by atoms with Gasteiger partial charge < -0.3 is 4.90 Å². The molecular weight excluding hydrogens is 234 g/mol. The molecule has 0 unspecified atom stereocenters. The molecule has 3 nitrogen and oxygen atoms in total. The van der Waals surface area contributed by atoms with Gasteiger partial charge in [0.15, 0.2) is 0 Å². The molecule has 1 aliphatic rings. The molecule has 0 aliphatic heterocycles. The molecule has 17 heavy (non-hydrogen) atoms. The van der Waals surface area contributed by atoms with Crippen molar-refractivity contribution in [3.8, 4) is 0 Å². The Balaban J connectivity index is 2.31. The van der Waals surface area contributed by atoms with Crippen LogP contribution in [0.2, 0.25) is 5.15 Å². The van der Waals surface area contributed by atoms with Crippen molar-refractivity contribution in [2.24, 2.45) is 5.92 Å². The van der Waals surface area contributed by atoms with Crippen molar-refractivity contribution in [3.05, 3.63) is 17.0 Å². The van der Waals surface area contributed by atoms with Crippen LogP contribution >= 0.6 is 11.6 Å². The Morgan fingerprint density at radius 3 is 2.65 bits per heavy atom. The summed E-state index contributed by atoms with van der Waals surface area (Å²) in [5.74, 6) is 1.68. The summed E-state index contributed by atoms with van der Waals surface area (Å²) in [5, 5.41) is 0.604. The van der Waals surface area contributed by atoms with Crippen molar-refractivity contribution in [1.82, 2.24) is 9.97 Å². The van der Waals surface area contributed by atoms with Crippen molar-refractivity contribution >= 4 is 17.4 Å². The summed E-state index contributed by atoms with van der Waals surface area (Å²) >= 11 is 6.16. The minimum atomic E-state index is 0.604. The largest absolute Gasteiger partial charge is 0.353 e. The zero-order valence-corrected chi connectivity index (χ0v) is 11.5. The lowest BCUT2D eigenvalue weighted by molar-refractivity contribution is 0.600. The topological polar surface area (TPSA) is 29.0 Å². The van der Waals surface area contributed by atoms with Gasteiger partial charge in [-0.25, -0.2) is 9.97 Å². The van der Waals surface area contributed by atoms with E-state index in [9.17, 15) is 0 Å². The number of anilines is 1. The van der Waals surface area contributed by atoms with Crippen molar-refractivity contribution in [3.63, 3.8) is 0 Å². The molecule has 0 saturated heterocycles. The molecule has 0 bridgehead atoms. The number of hydrogen-bond acceptors (Lipinski definition) is 3. The lowest BCUT2D eigenvalue weighted by Gasteiger charge is -2.27. The fourth-order valence-electron chi connectivity index (χ4n) is 2.12. The quantitative estimate of drug-likeness (QED) is 0.754. The van der Waals surface area contributed by atoms with Gasteiger partial charge in [-0.1, -0.05) is 32.4 Å². The fourth-order valence-corrected chi connectivity index (χ4v) is 2.38. The van der Waals surface area contributed by atoms with Crippen molar-refractivity contribution in [1.29, 1.82) is 0 Å². The van der Waals surface area contributed by atoms with Crippen LogP contribution in [0.3, 0.4) is 0 Å². The lowest BCUT2D eigenvalue weighted by atomic mass is 10.1. The third kappa shape index (κ3) is 2.89. The first-order chi connectivity index (χ1) is 8.13. The smallest absolute Gasteiger partial charge is 0.137 e. The van der Waals surface area contributed by atoms with Crippen molar-refractivity contribution < 1.29 is 0 Å². The Labute approximate surface area is 108 Å². The van der Waals surface area contributed by atoms with E-state index in [2.05, 4.69) is 35.6 Å². The zero-order valence-electron chi connectivity index (χ0n) is 10.8. The maximum Gasteiger partial charge on any atom is 0.137 e. The second-order valence-electron chi connectivity index (χ2n) is 5.10. The van der Waals surface area contributed by atoms with Crippen LogP contribution in [0, 0.1) is 5.92 Å². The molecule has 1 aromatic heterocycles. The SMILES string of the molecule is CCc1c(Cl)ncnc1N(CC(C)C)C1CC1. The number of nitrogens with zero attached hydrogens (tertiary/aromatic N) is 3. The molecule has 1 aromatic rings. The Morgan fingerprint density at radius 2 is 2.12 bits per heavy atom. The van der Waals surface area contributed by atoms with Gasteiger partial charge >= 0.3 is 0 Å². The van der Waals surface area contributed by atoms with Crippen LogP contribution < -0.4 is 4.90 Å². The van der Waals surface area contributed by atoms with E-state index < -0.39 is 0 Å². The van der Waals surface area contributed by atoms with Crippen molar-refractivity contribution in [2.75, 3.05) is 11.4 Å². The first kappa shape index (κ1) is 12.6. The van der Waals surface area contributed by atoms with Gasteiger partial charge in [0.1, 0.15) is 17.3 Å². The molecule has 0 spiro atoms. The molecule has 4 heteroatoms. The van der Waals surface area contributed by atoms with Gasteiger partial charge in [0.25, 0.3) is 0 Å². The molecule has 1 heterocycles. The van der Waals surface area contributed by atoms with E-state index in [0.29, 0.717) is 17.1 Å². The summed E-state index contributed by atoms with van der Waals surface area (Å²) in [6, 6.07) is 0.661. The van der Waals surface area contributed by atoms with Gasteiger partial charge in [-0.05, 0) is 25.2 Å². The van der Waals surface area contributed by atoms with Crippen molar-refractivity contribution in [2.45, 2.75) is 46.1 Å². The molecule has 1 aliphatic carbocycles. The number of rotatable bonds is 5. The van der Waals surface area contributed by atoms with Crippen LogP contribution in [-0.2, 0) is 6.42 Å². The molecule has 1 saturated carbocycles. The van der Waals surface area contributed by atoms with Gasteiger partial charge in [0.05, 0.1) is 0 Å². The molecule has 94 valence electrons. The highest BCUT2D eigenvalue weighted by Gasteiger charge is 2.31. The summed E-state index contributed by atoms with van der Waals surface area (Å²) in [7, 11) is 0. The highest BCUT2D eigenvalue weighted by molar-refractivity contribution is 6.30. The van der Waals surface area contributed by atoms with E-state index in [4.69, 9.17) is 11.6 Å². The van der Waals surface area contributed by atoms with Crippen LogP contribution in [0.15, 0.2) is 6.33 Å². The minimum absolute atomic E-state index is 0.604. The lowest BCUT2D eigenvalue weighted by Crippen LogP contribution is -2.31. The van der Waals surface area contributed by atoms with Gasteiger partial charge in [-0.15, -0.1) is 0 Å². The fraction of sp³-hybridized carbons (Fsp3) is 0.692. The van der Waals surface area contributed by atoms with Gasteiger partial charge in [-0.3, -0.25) is 0 Å². The first-order valence-electron chi connectivity index (χ1n) is 6.39. The normalized spacial score (nSPS) is 15.4. The predicted molar refractivity (Wildman–Crippen MR) is 71.6 cm³/mol. The molecule has 0 radical (unpaired) electrons. The molecule has 0 N–H and O–H groups in total. The summed E-state index contributed by atoms with van der Waals surface area (Å²) in [5.41, 5.74) is 1.08. The molecular formula is C13H20ClN3. The average molecular weight is 254 g/mol. The van der Waals surface area contributed by atoms with E-state index in [1.165, 1.54) is 12.8 Å². The molecule has 0 aromatic carbocycles. The van der Waals surface area contributed by atoms with Gasteiger partial charge in [0.2, 0.25) is 0 Å². The van der Waals surface area contributed by atoms with E-state index in [1.54, 1.807) is 6.33 Å². The maximum atomic E-state index is 6.16. The van der Waals surface area contributed by atoms with E-state index in [0.717, 1.165) is 24.3 Å². The highest BCUT2D eigenvalue weighted by atomic mass is 35.5. The van der Waals surface area contributed by atoms with Crippen LogP contribution in [0.5, 0.6) is 0 Å². The summed E-state index contributed by atoms with van der Waals surface area (Å²) in [4.78, 5) is 10.9. The third-order valence-electron chi connectivity index (χ3n) is 3.05. The third-order valence-corrected chi connectivity index (χ3v) is 3.37. The van der Waals surface area contributed by atoms with Gasteiger partial charge in [-0.2, -0.15) is 0 Å². The van der Waals surface area contributed by atoms with Crippen LogP contribution in [0.25, 0.3) is 0 Å². The highest BCUT2D eigenvalue weighted by Crippen LogP contribution is 2.34. The second-order valence-corrected chi connectivity index (χ2v) is 5.46. The maximum absolute atomic E-state index is 6.16. The molecule has 1 fully saturated rings. The Hall–Kier alpha value is -0.830. The van der Waals surface area contributed by atoms with Crippen LogP contribution in [0.4, 0.5) is 5.82 Å². The minimum Gasteiger partial charge on any atom is -0.353 e. The van der Waals surface area contributed by atoms with E-state index in [1.807, 2.05) is 0 Å².